The second-order valence-electron chi connectivity index (χ2n) is 3.66. The number of aromatic nitrogens is 1. The molecule has 0 bridgehead atoms. The van der Waals surface area contributed by atoms with E-state index in [9.17, 15) is 0 Å². The van der Waals surface area contributed by atoms with Crippen LogP contribution in [-0.2, 0) is 12.8 Å². The van der Waals surface area contributed by atoms with Crippen LogP contribution in [0.4, 0.5) is 0 Å². The minimum absolute atomic E-state index is 0.891. The molecule has 2 nitrogen and oxygen atoms in total. The second kappa shape index (κ2) is 3.39. The Kier molecular flexibility index (Phi) is 1.91. The maximum absolute atomic E-state index is 5.84. The fourth-order valence-corrected chi connectivity index (χ4v) is 1.89. The molecule has 0 N–H and O–H groups in total. The number of aryl methyl sites for hydroxylation is 2. The van der Waals surface area contributed by atoms with Crippen LogP contribution >= 0.6 is 0 Å². The molecule has 0 saturated heterocycles. The molecule has 0 amide bonds. The van der Waals surface area contributed by atoms with E-state index in [2.05, 4.69) is 11.1 Å². The van der Waals surface area contributed by atoms with Crippen molar-refractivity contribution >= 4 is 0 Å². The molecule has 0 atom stereocenters. The summed E-state index contributed by atoms with van der Waals surface area (Å²) in [6, 6.07) is 12.1. The lowest BCUT2D eigenvalue weighted by molar-refractivity contribution is 0.476. The highest BCUT2D eigenvalue weighted by molar-refractivity contribution is 5.42. The van der Waals surface area contributed by atoms with Crippen molar-refractivity contribution in [3.05, 3.63) is 53.9 Å². The number of rotatable bonds is 0. The van der Waals surface area contributed by atoms with Crippen molar-refractivity contribution in [1.29, 1.82) is 0 Å². The summed E-state index contributed by atoms with van der Waals surface area (Å²) >= 11 is 0. The molecule has 2 heterocycles. The standard InChI is InChI=1S/C13H11NO/c1-2-5-12-10(4-1)7-8-11-13(15-12)6-3-9-14-11/h1-6,9H,7-8H2. The molecule has 1 aromatic carbocycles. The van der Waals surface area contributed by atoms with Gasteiger partial charge in [0.15, 0.2) is 0 Å². The predicted molar refractivity (Wildman–Crippen MR) is 58.2 cm³/mol. The van der Waals surface area contributed by atoms with Crippen LogP contribution < -0.4 is 4.74 Å². The minimum Gasteiger partial charge on any atom is -0.455 e. The molecule has 0 radical (unpaired) electrons. The summed E-state index contributed by atoms with van der Waals surface area (Å²) in [7, 11) is 0. The van der Waals surface area contributed by atoms with Crippen molar-refractivity contribution in [2.45, 2.75) is 12.8 Å². The fourth-order valence-electron chi connectivity index (χ4n) is 1.89. The van der Waals surface area contributed by atoms with Crippen molar-refractivity contribution in [2.75, 3.05) is 0 Å². The first-order valence-corrected chi connectivity index (χ1v) is 5.13. The van der Waals surface area contributed by atoms with Gasteiger partial charge in [0.05, 0.1) is 5.69 Å². The van der Waals surface area contributed by atoms with Gasteiger partial charge in [-0.05, 0) is 36.6 Å². The third-order valence-corrected chi connectivity index (χ3v) is 2.67. The van der Waals surface area contributed by atoms with Gasteiger partial charge in [-0.25, -0.2) is 0 Å². The Morgan fingerprint density at radius 2 is 1.80 bits per heavy atom. The lowest BCUT2D eigenvalue weighted by Gasteiger charge is -2.06. The van der Waals surface area contributed by atoms with Gasteiger partial charge in [0.25, 0.3) is 0 Å². The molecular formula is C13H11NO. The Labute approximate surface area is 88.5 Å². The molecule has 0 saturated carbocycles. The number of hydrogen-bond acceptors (Lipinski definition) is 2. The van der Waals surface area contributed by atoms with Gasteiger partial charge in [-0.1, -0.05) is 18.2 Å². The largest absolute Gasteiger partial charge is 0.455 e. The predicted octanol–water partition coefficient (Wildman–Crippen LogP) is 2.97. The quantitative estimate of drug-likeness (QED) is 0.647. The third kappa shape index (κ3) is 1.48. The summed E-state index contributed by atoms with van der Waals surface area (Å²) in [6.45, 7) is 0. The maximum Gasteiger partial charge on any atom is 0.148 e. The normalized spacial score (nSPS) is 13.3. The van der Waals surface area contributed by atoms with E-state index in [1.165, 1.54) is 5.56 Å². The number of hydrogen-bond donors (Lipinski definition) is 0. The van der Waals surface area contributed by atoms with Gasteiger partial charge in [-0.2, -0.15) is 0 Å². The Morgan fingerprint density at radius 1 is 0.933 bits per heavy atom. The van der Waals surface area contributed by atoms with Crippen molar-refractivity contribution in [3.63, 3.8) is 0 Å². The lowest BCUT2D eigenvalue weighted by Crippen LogP contribution is -1.91. The van der Waals surface area contributed by atoms with Gasteiger partial charge < -0.3 is 4.74 Å². The second-order valence-corrected chi connectivity index (χ2v) is 3.66. The van der Waals surface area contributed by atoms with Crippen LogP contribution in [0.3, 0.4) is 0 Å². The molecule has 2 heteroatoms. The molecular weight excluding hydrogens is 186 g/mol. The average Bonchev–Trinajstić information content (AvgIpc) is 2.48. The zero-order chi connectivity index (χ0) is 10.1. The van der Waals surface area contributed by atoms with Crippen LogP contribution in [0.25, 0.3) is 0 Å². The smallest absolute Gasteiger partial charge is 0.148 e. The van der Waals surface area contributed by atoms with E-state index < -0.39 is 0 Å². The first-order valence-electron chi connectivity index (χ1n) is 5.13. The highest BCUT2D eigenvalue weighted by atomic mass is 16.5. The summed E-state index contributed by atoms with van der Waals surface area (Å²) < 4.78 is 5.84. The molecule has 15 heavy (non-hydrogen) atoms. The van der Waals surface area contributed by atoms with Crippen molar-refractivity contribution < 1.29 is 4.74 Å². The van der Waals surface area contributed by atoms with Crippen LogP contribution in [0.2, 0.25) is 0 Å². The molecule has 74 valence electrons. The summed E-state index contributed by atoms with van der Waals surface area (Å²) in [5, 5.41) is 0. The van der Waals surface area contributed by atoms with E-state index in [0.717, 1.165) is 30.0 Å². The summed E-state index contributed by atoms with van der Waals surface area (Å²) in [5.74, 6) is 1.85. The molecule has 1 aliphatic heterocycles. The minimum atomic E-state index is 0.891. The average molecular weight is 197 g/mol. The number of benzene rings is 1. The molecule has 0 unspecified atom stereocenters. The number of fused-ring (bicyclic) bond motifs is 2. The van der Waals surface area contributed by atoms with E-state index in [4.69, 9.17) is 4.74 Å². The van der Waals surface area contributed by atoms with Crippen LogP contribution in [0.5, 0.6) is 11.5 Å². The van der Waals surface area contributed by atoms with Gasteiger partial charge in [0.2, 0.25) is 0 Å². The van der Waals surface area contributed by atoms with E-state index in [0.29, 0.717) is 0 Å². The molecule has 1 aromatic heterocycles. The van der Waals surface area contributed by atoms with Crippen molar-refractivity contribution in [1.82, 2.24) is 4.98 Å². The van der Waals surface area contributed by atoms with E-state index in [-0.39, 0.29) is 0 Å². The number of nitrogens with zero attached hydrogens (tertiary/aromatic N) is 1. The van der Waals surface area contributed by atoms with Gasteiger partial charge in [0.1, 0.15) is 11.5 Å². The number of ether oxygens (including phenoxy) is 1. The zero-order valence-corrected chi connectivity index (χ0v) is 8.31. The Bertz CT molecular complexity index is 448. The Hall–Kier alpha value is -1.83. The molecule has 0 fully saturated rings. The van der Waals surface area contributed by atoms with E-state index in [1.54, 1.807) is 0 Å². The first-order chi connectivity index (χ1) is 7.43. The van der Waals surface area contributed by atoms with Gasteiger partial charge >= 0.3 is 0 Å². The monoisotopic (exact) mass is 197 g/mol. The van der Waals surface area contributed by atoms with Gasteiger partial charge in [0, 0.05) is 6.20 Å². The van der Waals surface area contributed by atoms with Gasteiger partial charge in [-0.3, -0.25) is 4.98 Å². The molecule has 0 spiro atoms. The molecule has 2 aromatic rings. The van der Waals surface area contributed by atoms with Crippen LogP contribution in [0.1, 0.15) is 11.3 Å². The summed E-state index contributed by atoms with van der Waals surface area (Å²) in [6.07, 6.45) is 3.77. The Balaban J connectivity index is 2.10. The molecule has 1 aliphatic rings. The summed E-state index contributed by atoms with van der Waals surface area (Å²) in [4.78, 5) is 4.34. The molecule has 0 aliphatic carbocycles. The highest BCUT2D eigenvalue weighted by Crippen LogP contribution is 2.31. The van der Waals surface area contributed by atoms with E-state index >= 15 is 0 Å². The zero-order valence-electron chi connectivity index (χ0n) is 8.31. The van der Waals surface area contributed by atoms with Crippen LogP contribution in [-0.4, -0.2) is 4.98 Å². The third-order valence-electron chi connectivity index (χ3n) is 2.67. The highest BCUT2D eigenvalue weighted by Gasteiger charge is 2.13. The summed E-state index contributed by atoms with van der Waals surface area (Å²) in [5.41, 5.74) is 2.31. The molecule has 3 rings (SSSR count). The maximum atomic E-state index is 5.84. The lowest BCUT2D eigenvalue weighted by atomic mass is 10.1. The number of para-hydroxylation sites is 1. The van der Waals surface area contributed by atoms with Crippen LogP contribution in [0, 0.1) is 0 Å². The SMILES string of the molecule is c1ccc2c(c1)CCc1ncccc1O2. The first kappa shape index (κ1) is 8.48. The van der Waals surface area contributed by atoms with Crippen LogP contribution in [0.15, 0.2) is 42.6 Å². The van der Waals surface area contributed by atoms with Crippen molar-refractivity contribution in [3.8, 4) is 11.5 Å². The number of pyridine rings is 1. The topological polar surface area (TPSA) is 22.1 Å². The van der Waals surface area contributed by atoms with Crippen molar-refractivity contribution in [2.24, 2.45) is 0 Å². The fraction of sp³-hybridized carbons (Fsp3) is 0.154. The van der Waals surface area contributed by atoms with Gasteiger partial charge in [-0.15, -0.1) is 0 Å². The van der Waals surface area contributed by atoms with E-state index in [1.807, 2.05) is 36.5 Å². The Morgan fingerprint density at radius 3 is 2.80 bits per heavy atom.